The number of nitrogens with zero attached hydrogens (tertiary/aromatic N) is 4. The number of fused-ring (bicyclic) bond motifs is 1. The number of halogens is 3. The lowest BCUT2D eigenvalue weighted by Crippen LogP contribution is -2.04. The molecule has 0 saturated carbocycles. The third kappa shape index (κ3) is 3.33. The van der Waals surface area contributed by atoms with Crippen LogP contribution in [0.25, 0.3) is 22.6 Å². The van der Waals surface area contributed by atoms with Crippen molar-refractivity contribution in [3.8, 4) is 11.4 Å². The van der Waals surface area contributed by atoms with E-state index in [1.54, 1.807) is 24.3 Å². The van der Waals surface area contributed by atoms with Crippen molar-refractivity contribution in [3.05, 3.63) is 64.2 Å². The first-order chi connectivity index (χ1) is 12.8. The summed E-state index contributed by atoms with van der Waals surface area (Å²) in [6, 6.07) is 6.97. The average molecular weight is 374 g/mol. The minimum atomic E-state index is -4.48. The van der Waals surface area contributed by atoms with E-state index in [-0.39, 0.29) is 11.5 Å². The Morgan fingerprint density at radius 2 is 1.85 bits per heavy atom. The van der Waals surface area contributed by atoms with Crippen LogP contribution in [0.2, 0.25) is 0 Å². The van der Waals surface area contributed by atoms with Gasteiger partial charge in [0.2, 0.25) is 0 Å². The molecule has 3 heterocycles. The van der Waals surface area contributed by atoms with E-state index >= 15 is 0 Å². The second kappa shape index (κ2) is 6.08. The van der Waals surface area contributed by atoms with Crippen LogP contribution in [0.4, 0.5) is 13.2 Å². The van der Waals surface area contributed by atoms with Gasteiger partial charge in [-0.1, -0.05) is 24.3 Å². The zero-order valence-corrected chi connectivity index (χ0v) is 14.0. The first-order valence-corrected chi connectivity index (χ1v) is 7.93. The molecule has 0 atom stereocenters. The summed E-state index contributed by atoms with van der Waals surface area (Å²) in [5, 5.41) is 0. The number of H-pyrrole nitrogens is 2. The van der Waals surface area contributed by atoms with E-state index in [1.807, 2.05) is 0 Å². The minimum Gasteiger partial charge on any atom is -0.333 e. The summed E-state index contributed by atoms with van der Waals surface area (Å²) in [6.07, 6.45) is -1.58. The van der Waals surface area contributed by atoms with Gasteiger partial charge in [-0.3, -0.25) is 4.98 Å². The molecule has 0 aliphatic carbocycles. The average Bonchev–Trinajstić information content (AvgIpc) is 3.17. The highest BCUT2D eigenvalue weighted by atomic mass is 19.4. The number of alkyl halides is 3. The van der Waals surface area contributed by atoms with E-state index in [4.69, 9.17) is 0 Å². The van der Waals surface area contributed by atoms with Gasteiger partial charge in [0.1, 0.15) is 17.2 Å². The SMILES string of the molecule is Cn1cc(C(F)(F)F)nc1-c1ccc(Cc2ncc3[nH]c(=O)[nH]c3n2)cc1. The monoisotopic (exact) mass is 374 g/mol. The van der Waals surface area contributed by atoms with E-state index in [1.165, 1.54) is 17.8 Å². The highest BCUT2D eigenvalue weighted by molar-refractivity contribution is 5.68. The number of benzene rings is 1. The fourth-order valence-corrected chi connectivity index (χ4v) is 2.78. The number of aromatic nitrogens is 6. The molecule has 0 fully saturated rings. The Bertz CT molecular complexity index is 1170. The predicted molar refractivity (Wildman–Crippen MR) is 91.0 cm³/mol. The van der Waals surface area contributed by atoms with Crippen molar-refractivity contribution in [1.82, 2.24) is 29.5 Å². The van der Waals surface area contributed by atoms with E-state index in [9.17, 15) is 18.0 Å². The van der Waals surface area contributed by atoms with Crippen LogP contribution in [0.1, 0.15) is 17.1 Å². The molecule has 4 aromatic rings. The van der Waals surface area contributed by atoms with Crippen LogP contribution in [0.5, 0.6) is 0 Å². The normalized spacial score (nSPS) is 12.0. The van der Waals surface area contributed by atoms with Crippen molar-refractivity contribution in [3.63, 3.8) is 0 Å². The summed E-state index contributed by atoms with van der Waals surface area (Å²) in [4.78, 5) is 28.6. The predicted octanol–water partition coefficient (Wildman–Crippen LogP) is 2.66. The maximum absolute atomic E-state index is 12.8. The van der Waals surface area contributed by atoms with Crippen molar-refractivity contribution in [1.29, 1.82) is 0 Å². The first-order valence-electron chi connectivity index (χ1n) is 7.93. The Hall–Kier alpha value is -3.43. The van der Waals surface area contributed by atoms with E-state index in [0.29, 0.717) is 29.0 Å². The molecule has 0 amide bonds. The Morgan fingerprint density at radius 3 is 2.52 bits per heavy atom. The maximum atomic E-state index is 12.8. The lowest BCUT2D eigenvalue weighted by molar-refractivity contribution is -0.140. The van der Waals surface area contributed by atoms with E-state index in [2.05, 4.69) is 24.9 Å². The molecule has 0 radical (unpaired) electrons. The number of hydrogen-bond donors (Lipinski definition) is 2. The number of imidazole rings is 2. The summed E-state index contributed by atoms with van der Waals surface area (Å²) < 4.78 is 39.7. The molecule has 0 unspecified atom stereocenters. The maximum Gasteiger partial charge on any atom is 0.434 e. The summed E-state index contributed by atoms with van der Waals surface area (Å²) in [7, 11) is 1.52. The number of nitrogens with one attached hydrogen (secondary N) is 2. The molecule has 0 spiro atoms. The number of aryl methyl sites for hydroxylation is 1. The van der Waals surface area contributed by atoms with Gasteiger partial charge >= 0.3 is 11.9 Å². The highest BCUT2D eigenvalue weighted by Gasteiger charge is 2.34. The molecule has 3 aromatic heterocycles. The smallest absolute Gasteiger partial charge is 0.333 e. The lowest BCUT2D eigenvalue weighted by atomic mass is 10.1. The van der Waals surface area contributed by atoms with Gasteiger partial charge in [-0.25, -0.2) is 19.7 Å². The second-order valence-electron chi connectivity index (χ2n) is 6.06. The van der Waals surface area contributed by atoms with Gasteiger partial charge in [0.15, 0.2) is 11.3 Å². The number of aromatic amines is 2. The third-order valence-electron chi connectivity index (χ3n) is 4.06. The van der Waals surface area contributed by atoms with Gasteiger partial charge < -0.3 is 9.55 Å². The van der Waals surface area contributed by atoms with Crippen molar-refractivity contribution in [2.45, 2.75) is 12.6 Å². The fourth-order valence-electron chi connectivity index (χ4n) is 2.78. The molecule has 2 N–H and O–H groups in total. The lowest BCUT2D eigenvalue weighted by Gasteiger charge is -2.04. The van der Waals surface area contributed by atoms with Crippen LogP contribution in [0.3, 0.4) is 0 Å². The zero-order valence-electron chi connectivity index (χ0n) is 14.0. The molecule has 27 heavy (non-hydrogen) atoms. The molecule has 4 rings (SSSR count). The van der Waals surface area contributed by atoms with E-state index < -0.39 is 11.9 Å². The van der Waals surface area contributed by atoms with Crippen molar-refractivity contribution < 1.29 is 13.2 Å². The Morgan fingerprint density at radius 1 is 1.11 bits per heavy atom. The van der Waals surface area contributed by atoms with Crippen molar-refractivity contribution in [2.75, 3.05) is 0 Å². The van der Waals surface area contributed by atoms with E-state index in [0.717, 1.165) is 11.8 Å². The largest absolute Gasteiger partial charge is 0.434 e. The van der Waals surface area contributed by atoms with Gasteiger partial charge in [0, 0.05) is 25.2 Å². The van der Waals surface area contributed by atoms with Crippen LogP contribution in [-0.4, -0.2) is 29.5 Å². The van der Waals surface area contributed by atoms with Crippen LogP contribution in [-0.2, 0) is 19.6 Å². The standard InChI is InChI=1S/C17H13F3N6O/c1-26-8-12(17(18,19)20)23-15(26)10-4-2-9(3-5-10)6-13-21-7-11-14(24-13)25-16(27)22-11/h2-5,7-8H,6H2,1H3,(H2,21,22,24,25,27). The van der Waals surface area contributed by atoms with Gasteiger partial charge in [0.25, 0.3) is 0 Å². The quantitative estimate of drug-likeness (QED) is 0.577. The molecular formula is C17H13F3N6O. The fraction of sp³-hybridized carbons (Fsp3) is 0.176. The van der Waals surface area contributed by atoms with Gasteiger partial charge in [0.05, 0.1) is 6.20 Å². The molecule has 0 aliphatic rings. The van der Waals surface area contributed by atoms with Gasteiger partial charge in [-0.2, -0.15) is 13.2 Å². The number of rotatable bonds is 3. The van der Waals surface area contributed by atoms with Crippen LogP contribution >= 0.6 is 0 Å². The number of hydrogen-bond acceptors (Lipinski definition) is 4. The molecule has 7 nitrogen and oxygen atoms in total. The van der Waals surface area contributed by atoms with Crippen molar-refractivity contribution >= 4 is 11.2 Å². The molecule has 0 aliphatic heterocycles. The summed E-state index contributed by atoms with van der Waals surface area (Å²) in [5.41, 5.74) is 1.12. The van der Waals surface area contributed by atoms with Crippen molar-refractivity contribution in [2.24, 2.45) is 7.05 Å². The third-order valence-corrected chi connectivity index (χ3v) is 4.06. The minimum absolute atomic E-state index is 0.233. The first kappa shape index (κ1) is 17.0. The second-order valence-corrected chi connectivity index (χ2v) is 6.06. The Balaban J connectivity index is 1.58. The molecule has 1 aromatic carbocycles. The summed E-state index contributed by atoms with van der Waals surface area (Å²) >= 11 is 0. The Kier molecular flexibility index (Phi) is 3.83. The van der Waals surface area contributed by atoms with Crippen LogP contribution in [0, 0.1) is 0 Å². The summed E-state index contributed by atoms with van der Waals surface area (Å²) in [6.45, 7) is 0. The van der Waals surface area contributed by atoms with Crippen LogP contribution in [0.15, 0.2) is 41.5 Å². The molecular weight excluding hydrogens is 361 g/mol. The molecule has 10 heteroatoms. The topological polar surface area (TPSA) is 92.2 Å². The highest BCUT2D eigenvalue weighted by Crippen LogP contribution is 2.30. The molecule has 0 bridgehead atoms. The molecule has 138 valence electrons. The zero-order chi connectivity index (χ0) is 19.2. The van der Waals surface area contributed by atoms with Gasteiger partial charge in [-0.05, 0) is 5.56 Å². The molecule has 0 saturated heterocycles. The van der Waals surface area contributed by atoms with Crippen LogP contribution < -0.4 is 5.69 Å². The summed E-state index contributed by atoms with van der Waals surface area (Å²) in [5.74, 6) is 0.748. The van der Waals surface area contributed by atoms with Gasteiger partial charge in [-0.15, -0.1) is 0 Å². The Labute approximate surface area is 149 Å².